The normalized spacial score (nSPS) is 15.8. The van der Waals surface area contributed by atoms with Crippen LogP contribution in [-0.4, -0.2) is 13.2 Å². The van der Waals surface area contributed by atoms with Gasteiger partial charge in [0.25, 0.3) is 0 Å². The number of fused-ring (bicyclic) bond motifs is 1. The molecule has 1 aliphatic heterocycles. The first-order valence-corrected chi connectivity index (χ1v) is 7.34. The molecule has 1 aromatic carbocycles. The highest BCUT2D eigenvalue weighted by atomic mass is 79.9. The van der Waals surface area contributed by atoms with Crippen LogP contribution in [0.3, 0.4) is 0 Å². The Morgan fingerprint density at radius 2 is 1.85 bits per heavy atom. The lowest BCUT2D eigenvalue weighted by atomic mass is 10.0. The van der Waals surface area contributed by atoms with Gasteiger partial charge < -0.3 is 19.6 Å². The quantitative estimate of drug-likeness (QED) is 0.910. The molecule has 4 nitrogen and oxygen atoms in total. The zero-order valence-electron chi connectivity index (χ0n) is 11.2. The fourth-order valence-corrected chi connectivity index (χ4v) is 2.81. The van der Waals surface area contributed by atoms with Gasteiger partial charge in [-0.1, -0.05) is 15.9 Å². The van der Waals surface area contributed by atoms with Gasteiger partial charge in [0, 0.05) is 16.5 Å². The van der Waals surface area contributed by atoms with Gasteiger partial charge in [-0.05, 0) is 30.7 Å². The highest BCUT2D eigenvalue weighted by molar-refractivity contribution is 9.10. The lowest BCUT2D eigenvalue weighted by molar-refractivity contribution is 0.297. The Kier molecular flexibility index (Phi) is 3.72. The summed E-state index contributed by atoms with van der Waals surface area (Å²) in [6, 6.07) is 5.54. The molecule has 1 aliphatic rings. The Morgan fingerprint density at radius 3 is 2.50 bits per heavy atom. The minimum Gasteiger partial charge on any atom is -0.490 e. The van der Waals surface area contributed by atoms with Crippen molar-refractivity contribution in [3.8, 4) is 11.5 Å². The monoisotopic (exact) mass is 337 g/mol. The van der Waals surface area contributed by atoms with Gasteiger partial charge in [0.05, 0.1) is 25.5 Å². The van der Waals surface area contributed by atoms with Crippen molar-refractivity contribution in [2.24, 2.45) is 5.73 Å². The van der Waals surface area contributed by atoms with Crippen LogP contribution in [0, 0.1) is 6.92 Å². The van der Waals surface area contributed by atoms with E-state index in [9.17, 15) is 0 Å². The van der Waals surface area contributed by atoms with Gasteiger partial charge in [0.15, 0.2) is 11.5 Å². The lowest BCUT2D eigenvalue weighted by Gasteiger charge is -2.16. The number of aryl methyl sites for hydroxylation is 1. The highest BCUT2D eigenvalue weighted by Crippen LogP contribution is 2.38. The predicted molar refractivity (Wildman–Crippen MR) is 79.2 cm³/mol. The van der Waals surface area contributed by atoms with E-state index in [0.29, 0.717) is 13.2 Å². The number of benzene rings is 1. The fourth-order valence-electron chi connectivity index (χ4n) is 2.24. The average molecular weight is 338 g/mol. The summed E-state index contributed by atoms with van der Waals surface area (Å²) in [5.41, 5.74) is 8.21. The maximum absolute atomic E-state index is 6.32. The first kappa shape index (κ1) is 13.5. The van der Waals surface area contributed by atoms with Crippen molar-refractivity contribution in [3.05, 3.63) is 45.8 Å². The number of hydrogen-bond donors (Lipinski definition) is 1. The molecule has 0 amide bonds. The first-order chi connectivity index (χ1) is 9.65. The van der Waals surface area contributed by atoms with E-state index >= 15 is 0 Å². The maximum Gasteiger partial charge on any atom is 0.162 e. The molecule has 2 aromatic rings. The lowest BCUT2D eigenvalue weighted by Crippen LogP contribution is -2.12. The second-order valence-corrected chi connectivity index (χ2v) is 5.69. The van der Waals surface area contributed by atoms with Crippen LogP contribution < -0.4 is 15.2 Å². The van der Waals surface area contributed by atoms with Gasteiger partial charge in [0.1, 0.15) is 5.76 Å². The molecular weight excluding hydrogens is 322 g/mol. The third kappa shape index (κ3) is 2.55. The Morgan fingerprint density at radius 1 is 1.15 bits per heavy atom. The van der Waals surface area contributed by atoms with Crippen LogP contribution in [0.15, 0.2) is 33.4 Å². The summed E-state index contributed by atoms with van der Waals surface area (Å²) in [5.74, 6) is 2.35. The van der Waals surface area contributed by atoms with Crippen LogP contribution in [0.25, 0.3) is 0 Å². The van der Waals surface area contributed by atoms with E-state index in [0.717, 1.165) is 39.3 Å². The molecular formula is C15H16BrNO3. The van der Waals surface area contributed by atoms with Gasteiger partial charge in [-0.25, -0.2) is 0 Å². The molecule has 106 valence electrons. The molecule has 1 aromatic heterocycles. The van der Waals surface area contributed by atoms with Gasteiger partial charge >= 0.3 is 0 Å². The van der Waals surface area contributed by atoms with Crippen LogP contribution in [0.5, 0.6) is 11.5 Å². The summed E-state index contributed by atoms with van der Waals surface area (Å²) in [6.45, 7) is 3.24. The number of hydrogen-bond acceptors (Lipinski definition) is 4. The molecule has 0 saturated heterocycles. The van der Waals surface area contributed by atoms with Crippen LogP contribution in [0.4, 0.5) is 0 Å². The Balaban J connectivity index is 1.99. The van der Waals surface area contributed by atoms with E-state index in [1.165, 1.54) is 0 Å². The summed E-state index contributed by atoms with van der Waals surface area (Å²) in [7, 11) is 0. The Hall–Kier alpha value is -1.46. The van der Waals surface area contributed by atoms with Gasteiger partial charge in [-0.2, -0.15) is 0 Å². The van der Waals surface area contributed by atoms with Gasteiger partial charge in [0.2, 0.25) is 0 Å². The Labute approximate surface area is 126 Å². The summed E-state index contributed by atoms with van der Waals surface area (Å²) < 4.78 is 17.6. The van der Waals surface area contributed by atoms with Crippen molar-refractivity contribution < 1.29 is 13.9 Å². The standard InChI is InChI=1S/C15H16BrNO3/c1-9-5-10(8-20-9)15(17)11-6-13-14(7-12(11)16)19-4-2-3-18-13/h5-8,15H,2-4,17H2,1H3. The zero-order valence-corrected chi connectivity index (χ0v) is 12.8. The number of nitrogens with two attached hydrogens (primary N) is 1. The van der Waals surface area contributed by atoms with E-state index in [4.69, 9.17) is 19.6 Å². The van der Waals surface area contributed by atoms with E-state index < -0.39 is 0 Å². The summed E-state index contributed by atoms with van der Waals surface area (Å²) in [6.07, 6.45) is 2.57. The van der Waals surface area contributed by atoms with Crippen molar-refractivity contribution in [2.45, 2.75) is 19.4 Å². The highest BCUT2D eigenvalue weighted by Gasteiger charge is 2.19. The van der Waals surface area contributed by atoms with Crippen molar-refractivity contribution in [1.82, 2.24) is 0 Å². The molecule has 3 rings (SSSR count). The molecule has 1 unspecified atom stereocenters. The SMILES string of the molecule is Cc1cc(C(N)c2cc3c(cc2Br)OCCCO3)co1. The number of furan rings is 1. The van der Waals surface area contributed by atoms with Gasteiger partial charge in [-0.3, -0.25) is 0 Å². The van der Waals surface area contributed by atoms with E-state index in [1.807, 2.05) is 25.1 Å². The summed E-state index contributed by atoms with van der Waals surface area (Å²) in [5, 5.41) is 0. The molecule has 0 aliphatic carbocycles. The molecule has 2 N–H and O–H groups in total. The number of rotatable bonds is 2. The molecule has 1 atom stereocenters. The first-order valence-electron chi connectivity index (χ1n) is 6.55. The summed E-state index contributed by atoms with van der Waals surface area (Å²) in [4.78, 5) is 0. The van der Waals surface area contributed by atoms with Gasteiger partial charge in [-0.15, -0.1) is 0 Å². The molecule has 0 radical (unpaired) electrons. The largest absolute Gasteiger partial charge is 0.490 e. The molecule has 0 bridgehead atoms. The zero-order chi connectivity index (χ0) is 14.1. The molecule has 0 saturated carbocycles. The molecule has 0 fully saturated rings. The van der Waals surface area contributed by atoms with E-state index in [1.54, 1.807) is 6.26 Å². The second kappa shape index (κ2) is 5.50. The van der Waals surface area contributed by atoms with E-state index in [-0.39, 0.29) is 6.04 Å². The average Bonchev–Trinajstić information content (AvgIpc) is 2.73. The number of ether oxygens (including phenoxy) is 2. The summed E-state index contributed by atoms with van der Waals surface area (Å²) >= 11 is 3.56. The maximum atomic E-state index is 6.32. The van der Waals surface area contributed by atoms with E-state index in [2.05, 4.69) is 15.9 Å². The van der Waals surface area contributed by atoms with Crippen molar-refractivity contribution >= 4 is 15.9 Å². The molecule has 2 heterocycles. The van der Waals surface area contributed by atoms with Crippen molar-refractivity contribution in [3.63, 3.8) is 0 Å². The molecule has 0 spiro atoms. The Bertz CT molecular complexity index is 624. The van der Waals surface area contributed by atoms with Crippen LogP contribution in [0.1, 0.15) is 29.3 Å². The van der Waals surface area contributed by atoms with Crippen molar-refractivity contribution in [2.75, 3.05) is 13.2 Å². The number of halogens is 1. The van der Waals surface area contributed by atoms with Crippen LogP contribution >= 0.6 is 15.9 Å². The third-order valence-electron chi connectivity index (χ3n) is 3.31. The van der Waals surface area contributed by atoms with Crippen molar-refractivity contribution in [1.29, 1.82) is 0 Å². The minimum absolute atomic E-state index is 0.265. The predicted octanol–water partition coefficient (Wildman–Crippen LogP) is 3.56. The van der Waals surface area contributed by atoms with Crippen LogP contribution in [-0.2, 0) is 0 Å². The van der Waals surface area contributed by atoms with Crippen LogP contribution in [0.2, 0.25) is 0 Å². The second-order valence-electron chi connectivity index (χ2n) is 4.84. The third-order valence-corrected chi connectivity index (χ3v) is 4.00. The fraction of sp³-hybridized carbons (Fsp3) is 0.333. The smallest absolute Gasteiger partial charge is 0.162 e. The minimum atomic E-state index is -0.265. The molecule has 20 heavy (non-hydrogen) atoms. The topological polar surface area (TPSA) is 57.6 Å². The molecule has 5 heteroatoms.